The van der Waals surface area contributed by atoms with Crippen molar-refractivity contribution in [2.75, 3.05) is 38.1 Å². The lowest BCUT2D eigenvalue weighted by Crippen LogP contribution is -2.50. The van der Waals surface area contributed by atoms with Crippen LogP contribution >= 0.6 is 23.1 Å². The zero-order valence-corrected chi connectivity index (χ0v) is 28.4. The maximum absolute atomic E-state index is 13.4. The predicted molar refractivity (Wildman–Crippen MR) is 182 cm³/mol. The van der Waals surface area contributed by atoms with Gasteiger partial charge in [-0.2, -0.15) is 0 Å². The number of carbonyl (C=O) groups is 3. The Morgan fingerprint density at radius 2 is 1.72 bits per heavy atom. The molecule has 3 fully saturated rings. The minimum atomic E-state index is -0.194. The number of carbonyl (C=O) groups excluding carboxylic acids is 3. The molecule has 4 unspecified atom stereocenters. The molecule has 11 heteroatoms. The molecule has 0 radical (unpaired) electrons. The van der Waals surface area contributed by atoms with Gasteiger partial charge in [0.15, 0.2) is 5.13 Å². The summed E-state index contributed by atoms with van der Waals surface area (Å²) in [4.78, 5) is 46.1. The first-order chi connectivity index (χ1) is 22.2. The largest absolute Gasteiger partial charge is 0.396 e. The van der Waals surface area contributed by atoms with Crippen molar-refractivity contribution in [3.63, 3.8) is 0 Å². The highest BCUT2D eigenvalue weighted by Crippen LogP contribution is 2.48. The van der Waals surface area contributed by atoms with E-state index in [-0.39, 0.29) is 24.3 Å². The molecule has 2 aromatic carbocycles. The summed E-state index contributed by atoms with van der Waals surface area (Å²) in [6, 6.07) is 12.2. The highest BCUT2D eigenvalue weighted by Gasteiger charge is 2.46. The summed E-state index contributed by atoms with van der Waals surface area (Å²) >= 11 is 3.06. The number of amides is 3. The summed E-state index contributed by atoms with van der Waals surface area (Å²) in [5, 5.41) is 17.0. The van der Waals surface area contributed by atoms with E-state index in [1.807, 2.05) is 49.1 Å². The molecular formula is C35H43N5O4S2. The van der Waals surface area contributed by atoms with E-state index in [9.17, 15) is 19.5 Å². The first kappa shape index (κ1) is 32.7. The van der Waals surface area contributed by atoms with E-state index in [0.717, 1.165) is 33.0 Å². The Morgan fingerprint density at radius 3 is 2.43 bits per heavy atom. The number of aliphatic hydroxyl groups is 1. The third-order valence-electron chi connectivity index (χ3n) is 10.1. The van der Waals surface area contributed by atoms with Gasteiger partial charge in [-0.05, 0) is 85.4 Å². The number of piperazine rings is 1. The van der Waals surface area contributed by atoms with Crippen LogP contribution in [0.1, 0.15) is 69.2 Å². The van der Waals surface area contributed by atoms with E-state index in [1.54, 1.807) is 29.8 Å². The number of thioether (sulfide) groups is 1. The van der Waals surface area contributed by atoms with Crippen LogP contribution in [0.15, 0.2) is 46.8 Å². The van der Waals surface area contributed by atoms with Crippen molar-refractivity contribution in [1.29, 1.82) is 0 Å². The molecule has 3 aliphatic rings. The second-order valence-corrected chi connectivity index (χ2v) is 15.2. The fourth-order valence-electron chi connectivity index (χ4n) is 7.34. The zero-order valence-electron chi connectivity index (χ0n) is 26.8. The zero-order chi connectivity index (χ0) is 32.4. The highest BCUT2D eigenvalue weighted by molar-refractivity contribution is 8.00. The SMILES string of the molecule is CC(=O)N1CCN(C(=O)c2cc(CSc3cnc(NC(=O)c4ccc(CNC5C6CCC(C6)C5CO)cc4)s3)cc(C)c2C)CC1. The summed E-state index contributed by atoms with van der Waals surface area (Å²) in [7, 11) is 0. The Hall–Kier alpha value is -3.25. The van der Waals surface area contributed by atoms with Crippen LogP contribution < -0.4 is 10.6 Å². The first-order valence-corrected chi connectivity index (χ1v) is 18.0. The Balaban J connectivity index is 1.00. The average Bonchev–Trinajstić information content (AvgIpc) is 3.81. The fourth-order valence-corrected chi connectivity index (χ4v) is 9.14. The number of nitrogens with zero attached hydrogens (tertiary/aromatic N) is 3. The molecule has 2 aliphatic carbocycles. The number of aromatic nitrogens is 1. The molecule has 1 saturated heterocycles. The van der Waals surface area contributed by atoms with Crippen LogP contribution in [-0.4, -0.2) is 76.4 Å². The number of anilines is 1. The van der Waals surface area contributed by atoms with Crippen molar-refractivity contribution in [3.8, 4) is 0 Å². The third kappa shape index (κ3) is 7.17. The smallest absolute Gasteiger partial charge is 0.257 e. The molecule has 46 heavy (non-hydrogen) atoms. The number of thiazole rings is 1. The van der Waals surface area contributed by atoms with Gasteiger partial charge in [-0.1, -0.05) is 29.5 Å². The molecule has 3 aromatic rings. The predicted octanol–water partition coefficient (Wildman–Crippen LogP) is 5.11. The molecule has 3 N–H and O–H groups in total. The van der Waals surface area contributed by atoms with Crippen LogP contribution in [0.2, 0.25) is 0 Å². The number of hydrogen-bond donors (Lipinski definition) is 3. The summed E-state index contributed by atoms with van der Waals surface area (Å²) in [6.45, 7) is 8.78. The minimum absolute atomic E-state index is 0.0127. The van der Waals surface area contributed by atoms with Crippen LogP contribution in [0.3, 0.4) is 0 Å². The van der Waals surface area contributed by atoms with E-state index in [0.29, 0.717) is 72.0 Å². The molecular weight excluding hydrogens is 619 g/mol. The van der Waals surface area contributed by atoms with Crippen molar-refractivity contribution >= 4 is 46.0 Å². The minimum Gasteiger partial charge on any atom is -0.396 e. The summed E-state index contributed by atoms with van der Waals surface area (Å²) in [6.07, 6.45) is 5.51. The monoisotopic (exact) mass is 661 g/mol. The molecule has 4 atom stereocenters. The molecule has 3 amide bonds. The molecule has 1 aromatic heterocycles. The van der Waals surface area contributed by atoms with Gasteiger partial charge in [-0.3, -0.25) is 19.7 Å². The quantitative estimate of drug-likeness (QED) is 0.259. The van der Waals surface area contributed by atoms with Gasteiger partial charge in [0.1, 0.15) is 0 Å². The number of aryl methyl sites for hydroxylation is 1. The van der Waals surface area contributed by atoms with Gasteiger partial charge in [0.05, 0.1) is 10.4 Å². The second-order valence-electron chi connectivity index (χ2n) is 12.9. The number of nitrogens with one attached hydrogen (secondary N) is 2. The molecule has 6 rings (SSSR count). The van der Waals surface area contributed by atoms with Crippen molar-refractivity contribution in [2.45, 2.75) is 62.6 Å². The average molecular weight is 662 g/mol. The van der Waals surface area contributed by atoms with Gasteiger partial charge in [-0.25, -0.2) is 4.98 Å². The maximum Gasteiger partial charge on any atom is 0.257 e. The fraction of sp³-hybridized carbons (Fsp3) is 0.486. The number of hydrogen-bond acceptors (Lipinski definition) is 8. The number of benzene rings is 2. The lowest BCUT2D eigenvalue weighted by Gasteiger charge is -2.34. The number of fused-ring (bicyclic) bond motifs is 2. The summed E-state index contributed by atoms with van der Waals surface area (Å²) < 4.78 is 0.977. The van der Waals surface area contributed by atoms with Crippen molar-refractivity contribution in [3.05, 3.63) is 76.0 Å². The standard InChI is InChI=1S/C35H43N5O4S2/c1-21-14-25(15-29(22(21)2)34(44)40-12-10-39(11-13-40)23(3)42)20-45-31-18-37-35(46-31)38-33(43)26-6-4-24(5-7-26)17-36-32-28-9-8-27(16-28)30(32)19-41/h4-7,14-15,18,27-28,30,32,36,41H,8-13,16-17,19-20H2,1-3H3,(H,37,38,43). The Bertz CT molecular complexity index is 1580. The third-order valence-corrected chi connectivity index (χ3v) is 12.3. The van der Waals surface area contributed by atoms with Crippen LogP contribution in [-0.2, 0) is 17.1 Å². The normalized spacial score (nSPS) is 22.3. The van der Waals surface area contributed by atoms with Crippen molar-refractivity contribution < 1.29 is 19.5 Å². The van der Waals surface area contributed by atoms with Gasteiger partial charge >= 0.3 is 0 Å². The van der Waals surface area contributed by atoms with E-state index < -0.39 is 0 Å². The lowest BCUT2D eigenvalue weighted by atomic mass is 9.85. The van der Waals surface area contributed by atoms with E-state index >= 15 is 0 Å². The van der Waals surface area contributed by atoms with E-state index in [1.165, 1.54) is 30.6 Å². The van der Waals surface area contributed by atoms with E-state index in [2.05, 4.69) is 21.7 Å². The van der Waals surface area contributed by atoms with Crippen molar-refractivity contribution in [2.24, 2.45) is 17.8 Å². The van der Waals surface area contributed by atoms with Gasteiger partial charge in [0, 0.05) is 75.1 Å². The molecule has 244 valence electrons. The van der Waals surface area contributed by atoms with Gasteiger partial charge in [0.2, 0.25) is 5.91 Å². The molecule has 1 aliphatic heterocycles. The van der Waals surface area contributed by atoms with Crippen molar-refractivity contribution in [1.82, 2.24) is 20.1 Å². The van der Waals surface area contributed by atoms with Gasteiger partial charge < -0.3 is 20.2 Å². The number of aliphatic hydroxyl groups excluding tert-OH is 1. The molecule has 9 nitrogen and oxygen atoms in total. The molecule has 2 heterocycles. The lowest BCUT2D eigenvalue weighted by molar-refractivity contribution is -0.130. The molecule has 2 bridgehead atoms. The van der Waals surface area contributed by atoms with Crippen LogP contribution in [0, 0.1) is 31.6 Å². The molecule has 0 spiro atoms. The van der Waals surface area contributed by atoms with Crippen LogP contribution in [0.5, 0.6) is 0 Å². The van der Waals surface area contributed by atoms with E-state index in [4.69, 9.17) is 0 Å². The Kier molecular flexibility index (Phi) is 10.1. The summed E-state index contributed by atoms with van der Waals surface area (Å²) in [5.41, 5.74) is 5.52. The highest BCUT2D eigenvalue weighted by atomic mass is 32.2. The summed E-state index contributed by atoms with van der Waals surface area (Å²) in [5.74, 6) is 2.23. The number of rotatable bonds is 10. The second kappa shape index (κ2) is 14.3. The Morgan fingerprint density at radius 1 is 1.00 bits per heavy atom. The first-order valence-electron chi connectivity index (χ1n) is 16.2. The topological polar surface area (TPSA) is 115 Å². The van der Waals surface area contributed by atoms with Gasteiger partial charge in [0.25, 0.3) is 11.8 Å². The van der Waals surface area contributed by atoms with Crippen LogP contribution in [0.4, 0.5) is 5.13 Å². The maximum atomic E-state index is 13.4. The van der Waals surface area contributed by atoms with Gasteiger partial charge in [-0.15, -0.1) is 11.8 Å². The van der Waals surface area contributed by atoms with Crippen LogP contribution in [0.25, 0.3) is 0 Å². The Labute approximate surface area is 279 Å². The molecule has 2 saturated carbocycles.